The SMILES string of the molecule is COCc1ccc(-c2ccc(-c3cc(C(=O)O)c4cc(F)ccc4n3)nc2)cc1. The number of carboxylic acid groups (broad SMARTS) is 1. The average Bonchev–Trinajstić information content (AvgIpc) is 2.74. The van der Waals surface area contributed by atoms with Crippen LogP contribution in [0.2, 0.25) is 0 Å². The standard InChI is InChI=1S/C23H17FN2O3/c1-29-13-14-2-4-15(5-3-14)16-6-8-21(25-12-16)22-11-19(23(27)28)18-10-17(24)7-9-20(18)26-22/h2-12H,13H2,1H3,(H,27,28). The van der Waals surface area contributed by atoms with Gasteiger partial charge in [0.2, 0.25) is 0 Å². The number of aromatic carboxylic acids is 1. The molecule has 4 aromatic rings. The molecule has 0 radical (unpaired) electrons. The highest BCUT2D eigenvalue weighted by molar-refractivity contribution is 6.03. The van der Waals surface area contributed by atoms with Crippen molar-refractivity contribution in [3.63, 3.8) is 0 Å². The third-order valence-electron chi connectivity index (χ3n) is 4.63. The minimum atomic E-state index is -1.14. The van der Waals surface area contributed by atoms with Crippen LogP contribution in [0.1, 0.15) is 15.9 Å². The Balaban J connectivity index is 1.71. The molecule has 0 bridgehead atoms. The van der Waals surface area contributed by atoms with E-state index in [1.54, 1.807) is 19.4 Å². The van der Waals surface area contributed by atoms with Gasteiger partial charge in [-0.15, -0.1) is 0 Å². The Morgan fingerprint density at radius 2 is 1.76 bits per heavy atom. The normalized spacial score (nSPS) is 11.0. The molecule has 0 fully saturated rings. The maximum absolute atomic E-state index is 13.5. The molecule has 1 N–H and O–H groups in total. The van der Waals surface area contributed by atoms with Crippen molar-refractivity contribution >= 4 is 16.9 Å². The molecule has 0 aliphatic carbocycles. The van der Waals surface area contributed by atoms with Gasteiger partial charge in [0.15, 0.2) is 0 Å². The van der Waals surface area contributed by atoms with E-state index in [0.717, 1.165) is 16.7 Å². The van der Waals surface area contributed by atoms with Crippen molar-refractivity contribution in [2.75, 3.05) is 7.11 Å². The van der Waals surface area contributed by atoms with Crippen LogP contribution in [0.3, 0.4) is 0 Å². The van der Waals surface area contributed by atoms with Crippen LogP contribution in [0, 0.1) is 5.82 Å². The summed E-state index contributed by atoms with van der Waals surface area (Å²) in [5, 5.41) is 9.78. The van der Waals surface area contributed by atoms with E-state index < -0.39 is 11.8 Å². The van der Waals surface area contributed by atoms with Gasteiger partial charge in [0, 0.05) is 24.3 Å². The Bertz CT molecular complexity index is 1190. The molecular weight excluding hydrogens is 371 g/mol. The number of aromatic nitrogens is 2. The molecule has 0 amide bonds. The quantitative estimate of drug-likeness (QED) is 0.524. The van der Waals surface area contributed by atoms with Gasteiger partial charge in [0.25, 0.3) is 0 Å². The maximum Gasteiger partial charge on any atom is 0.336 e. The third kappa shape index (κ3) is 3.83. The molecule has 0 spiro atoms. The first-order valence-electron chi connectivity index (χ1n) is 8.93. The molecule has 2 heterocycles. The van der Waals surface area contributed by atoms with Crippen molar-refractivity contribution in [1.29, 1.82) is 0 Å². The molecule has 6 heteroatoms. The highest BCUT2D eigenvalue weighted by Crippen LogP contribution is 2.26. The van der Waals surface area contributed by atoms with Crippen molar-refractivity contribution < 1.29 is 19.0 Å². The molecule has 0 aliphatic rings. The molecule has 0 saturated heterocycles. The van der Waals surface area contributed by atoms with Gasteiger partial charge in [-0.2, -0.15) is 0 Å². The first-order valence-corrected chi connectivity index (χ1v) is 8.93. The first kappa shape index (κ1) is 18.7. The third-order valence-corrected chi connectivity index (χ3v) is 4.63. The second-order valence-electron chi connectivity index (χ2n) is 6.58. The van der Waals surface area contributed by atoms with E-state index in [-0.39, 0.29) is 10.9 Å². The van der Waals surface area contributed by atoms with Gasteiger partial charge in [0.05, 0.1) is 29.1 Å². The Morgan fingerprint density at radius 3 is 2.41 bits per heavy atom. The highest BCUT2D eigenvalue weighted by atomic mass is 19.1. The molecule has 29 heavy (non-hydrogen) atoms. The van der Waals surface area contributed by atoms with Crippen molar-refractivity contribution in [1.82, 2.24) is 9.97 Å². The lowest BCUT2D eigenvalue weighted by molar-refractivity contribution is 0.0699. The molecule has 0 atom stereocenters. The van der Waals surface area contributed by atoms with Gasteiger partial charge in [-0.1, -0.05) is 30.3 Å². The molecular formula is C23H17FN2O3. The second kappa shape index (κ2) is 7.77. The first-order chi connectivity index (χ1) is 14.0. The monoisotopic (exact) mass is 388 g/mol. The zero-order valence-corrected chi connectivity index (χ0v) is 15.6. The molecule has 144 valence electrons. The molecule has 2 aromatic heterocycles. The van der Waals surface area contributed by atoms with E-state index in [0.29, 0.717) is 23.5 Å². The fourth-order valence-corrected chi connectivity index (χ4v) is 3.18. The Hall–Kier alpha value is -3.64. The predicted octanol–water partition coefficient (Wildman–Crippen LogP) is 4.95. The zero-order chi connectivity index (χ0) is 20.4. The second-order valence-corrected chi connectivity index (χ2v) is 6.58. The van der Waals surface area contributed by atoms with Crippen LogP contribution in [-0.2, 0) is 11.3 Å². The Morgan fingerprint density at radius 1 is 1.00 bits per heavy atom. The number of rotatable bonds is 5. The molecule has 4 rings (SSSR count). The van der Waals surface area contributed by atoms with E-state index in [1.807, 2.05) is 30.3 Å². The average molecular weight is 388 g/mol. The Labute approximate surface area is 166 Å². The Kier molecular flexibility index (Phi) is 5.01. The number of nitrogens with zero attached hydrogens (tertiary/aromatic N) is 2. The molecule has 2 aromatic carbocycles. The lowest BCUT2D eigenvalue weighted by atomic mass is 10.0. The van der Waals surface area contributed by atoms with Crippen LogP contribution in [-0.4, -0.2) is 28.2 Å². The van der Waals surface area contributed by atoms with Crippen LogP contribution in [0.25, 0.3) is 33.4 Å². The van der Waals surface area contributed by atoms with Crippen LogP contribution in [0.5, 0.6) is 0 Å². The number of hydrogen-bond donors (Lipinski definition) is 1. The minimum absolute atomic E-state index is 0.0101. The highest BCUT2D eigenvalue weighted by Gasteiger charge is 2.14. The molecule has 5 nitrogen and oxygen atoms in total. The summed E-state index contributed by atoms with van der Waals surface area (Å²) in [5.74, 6) is -1.65. The lowest BCUT2D eigenvalue weighted by Gasteiger charge is -2.08. The molecule has 0 aliphatic heterocycles. The number of benzene rings is 2. The van der Waals surface area contributed by atoms with E-state index in [2.05, 4.69) is 9.97 Å². The van der Waals surface area contributed by atoms with E-state index in [9.17, 15) is 14.3 Å². The summed E-state index contributed by atoms with van der Waals surface area (Å²) in [6.07, 6.45) is 1.72. The fourth-order valence-electron chi connectivity index (χ4n) is 3.18. The minimum Gasteiger partial charge on any atom is -0.478 e. The van der Waals surface area contributed by atoms with Gasteiger partial charge >= 0.3 is 5.97 Å². The molecule has 0 unspecified atom stereocenters. The number of fused-ring (bicyclic) bond motifs is 1. The summed E-state index contributed by atoms with van der Waals surface area (Å²) < 4.78 is 18.7. The van der Waals surface area contributed by atoms with Gasteiger partial charge < -0.3 is 9.84 Å². The summed E-state index contributed by atoms with van der Waals surface area (Å²) in [4.78, 5) is 20.6. The summed E-state index contributed by atoms with van der Waals surface area (Å²) in [6.45, 7) is 0.556. The molecule has 0 saturated carbocycles. The number of halogens is 1. The van der Waals surface area contributed by atoms with Crippen LogP contribution in [0.4, 0.5) is 4.39 Å². The topological polar surface area (TPSA) is 72.3 Å². The van der Waals surface area contributed by atoms with E-state index >= 15 is 0 Å². The summed E-state index contributed by atoms with van der Waals surface area (Å²) in [7, 11) is 1.66. The van der Waals surface area contributed by atoms with E-state index in [1.165, 1.54) is 24.3 Å². The maximum atomic E-state index is 13.5. The number of ether oxygens (including phenoxy) is 1. The van der Waals surface area contributed by atoms with Gasteiger partial charge in [-0.3, -0.25) is 4.98 Å². The lowest BCUT2D eigenvalue weighted by Crippen LogP contribution is -2.01. The summed E-state index contributed by atoms with van der Waals surface area (Å²) >= 11 is 0. The largest absolute Gasteiger partial charge is 0.478 e. The number of methoxy groups -OCH3 is 1. The fraction of sp³-hybridized carbons (Fsp3) is 0.0870. The van der Waals surface area contributed by atoms with Gasteiger partial charge in [-0.05, 0) is 41.5 Å². The summed E-state index contributed by atoms with van der Waals surface area (Å²) in [6, 6.07) is 17.0. The van der Waals surface area contributed by atoms with Crippen LogP contribution in [0.15, 0.2) is 66.9 Å². The number of hydrogen-bond acceptors (Lipinski definition) is 4. The van der Waals surface area contributed by atoms with Crippen molar-refractivity contribution in [3.8, 4) is 22.5 Å². The zero-order valence-electron chi connectivity index (χ0n) is 15.6. The van der Waals surface area contributed by atoms with Crippen molar-refractivity contribution in [2.45, 2.75) is 6.61 Å². The van der Waals surface area contributed by atoms with Crippen LogP contribution < -0.4 is 0 Å². The van der Waals surface area contributed by atoms with Gasteiger partial charge in [0.1, 0.15) is 5.82 Å². The van der Waals surface area contributed by atoms with Crippen molar-refractivity contribution in [2.24, 2.45) is 0 Å². The number of pyridine rings is 2. The number of carbonyl (C=O) groups is 1. The smallest absolute Gasteiger partial charge is 0.336 e. The van der Waals surface area contributed by atoms with Gasteiger partial charge in [-0.25, -0.2) is 14.2 Å². The number of carboxylic acids is 1. The van der Waals surface area contributed by atoms with Crippen molar-refractivity contribution in [3.05, 3.63) is 83.8 Å². The predicted molar refractivity (Wildman–Crippen MR) is 108 cm³/mol. The van der Waals surface area contributed by atoms with Crippen LogP contribution >= 0.6 is 0 Å². The summed E-state index contributed by atoms with van der Waals surface area (Å²) in [5.41, 5.74) is 4.38. The van der Waals surface area contributed by atoms with E-state index in [4.69, 9.17) is 4.74 Å².